The SMILES string of the molecule is Oc1ccccc1SCC1Cc2ccccc2O1. The molecule has 1 N–H and O–H groups in total. The van der Waals surface area contributed by atoms with Crippen molar-refractivity contribution in [3.05, 3.63) is 54.1 Å². The quantitative estimate of drug-likeness (QED) is 0.855. The summed E-state index contributed by atoms with van der Waals surface area (Å²) in [6, 6.07) is 15.6. The minimum Gasteiger partial charge on any atom is -0.507 e. The fraction of sp³-hybridized carbons (Fsp3) is 0.200. The molecule has 1 heterocycles. The van der Waals surface area contributed by atoms with Gasteiger partial charge in [0.25, 0.3) is 0 Å². The molecular weight excluding hydrogens is 244 g/mol. The maximum absolute atomic E-state index is 9.70. The molecule has 3 heteroatoms. The molecule has 2 aromatic rings. The van der Waals surface area contributed by atoms with Crippen LogP contribution < -0.4 is 4.74 Å². The number of aromatic hydroxyl groups is 1. The van der Waals surface area contributed by atoms with E-state index >= 15 is 0 Å². The maximum Gasteiger partial charge on any atom is 0.129 e. The van der Waals surface area contributed by atoms with Gasteiger partial charge in [0.2, 0.25) is 0 Å². The average Bonchev–Trinajstić information content (AvgIpc) is 2.80. The van der Waals surface area contributed by atoms with E-state index in [0.29, 0.717) is 5.75 Å². The third-order valence-corrected chi connectivity index (χ3v) is 4.20. The van der Waals surface area contributed by atoms with Crippen LogP contribution in [0.5, 0.6) is 11.5 Å². The normalized spacial score (nSPS) is 17.2. The van der Waals surface area contributed by atoms with Crippen molar-refractivity contribution in [2.75, 3.05) is 5.75 Å². The zero-order valence-electron chi connectivity index (χ0n) is 9.87. The van der Waals surface area contributed by atoms with Crippen LogP contribution in [0, 0.1) is 0 Å². The van der Waals surface area contributed by atoms with Gasteiger partial charge in [-0.25, -0.2) is 0 Å². The van der Waals surface area contributed by atoms with Crippen LogP contribution in [-0.2, 0) is 6.42 Å². The number of hydrogen-bond donors (Lipinski definition) is 1. The van der Waals surface area contributed by atoms with Crippen molar-refractivity contribution in [1.29, 1.82) is 0 Å². The molecule has 2 nitrogen and oxygen atoms in total. The molecule has 0 spiro atoms. The Bertz CT molecular complexity index is 529. The van der Waals surface area contributed by atoms with Crippen LogP contribution in [0.25, 0.3) is 0 Å². The summed E-state index contributed by atoms with van der Waals surface area (Å²) in [6.07, 6.45) is 1.16. The Balaban J connectivity index is 1.62. The second-order valence-corrected chi connectivity index (χ2v) is 5.39. The molecule has 0 aromatic heterocycles. The van der Waals surface area contributed by atoms with Gasteiger partial charge >= 0.3 is 0 Å². The Morgan fingerprint density at radius 2 is 1.89 bits per heavy atom. The van der Waals surface area contributed by atoms with Crippen LogP contribution in [0.3, 0.4) is 0 Å². The second kappa shape index (κ2) is 4.94. The molecule has 1 unspecified atom stereocenters. The molecule has 92 valence electrons. The molecule has 0 saturated heterocycles. The minimum atomic E-state index is 0.201. The monoisotopic (exact) mass is 258 g/mol. The number of ether oxygens (including phenoxy) is 1. The third kappa shape index (κ3) is 2.31. The third-order valence-electron chi connectivity index (χ3n) is 3.00. The van der Waals surface area contributed by atoms with Crippen molar-refractivity contribution in [2.45, 2.75) is 17.4 Å². The van der Waals surface area contributed by atoms with Crippen molar-refractivity contribution in [3.8, 4) is 11.5 Å². The molecule has 3 rings (SSSR count). The molecule has 1 aliphatic rings. The van der Waals surface area contributed by atoms with Crippen molar-refractivity contribution < 1.29 is 9.84 Å². The lowest BCUT2D eigenvalue weighted by molar-refractivity contribution is 0.259. The van der Waals surface area contributed by atoms with Crippen LogP contribution in [0.2, 0.25) is 0 Å². The number of hydrogen-bond acceptors (Lipinski definition) is 3. The summed E-state index contributed by atoms with van der Waals surface area (Å²) in [5, 5.41) is 9.70. The van der Waals surface area contributed by atoms with Gasteiger partial charge in [0.15, 0.2) is 0 Å². The Morgan fingerprint density at radius 3 is 2.72 bits per heavy atom. The molecule has 2 aromatic carbocycles. The van der Waals surface area contributed by atoms with Gasteiger partial charge < -0.3 is 9.84 Å². The summed E-state index contributed by atoms with van der Waals surface area (Å²) in [5.41, 5.74) is 1.28. The Hall–Kier alpha value is -1.61. The van der Waals surface area contributed by atoms with Crippen LogP contribution >= 0.6 is 11.8 Å². The highest BCUT2D eigenvalue weighted by atomic mass is 32.2. The van der Waals surface area contributed by atoms with Gasteiger partial charge in [0.05, 0.1) is 0 Å². The van der Waals surface area contributed by atoms with Crippen LogP contribution in [0.4, 0.5) is 0 Å². The molecule has 0 amide bonds. The first kappa shape index (κ1) is 11.5. The number of thioether (sulfide) groups is 1. The zero-order valence-corrected chi connectivity index (χ0v) is 10.7. The standard InChI is InChI=1S/C15H14O2S/c16-13-6-2-4-8-15(13)18-10-12-9-11-5-1-3-7-14(11)17-12/h1-8,12,16H,9-10H2. The molecule has 18 heavy (non-hydrogen) atoms. The van der Waals surface area contributed by atoms with Crippen molar-refractivity contribution in [1.82, 2.24) is 0 Å². The van der Waals surface area contributed by atoms with Crippen LogP contribution in [-0.4, -0.2) is 17.0 Å². The van der Waals surface area contributed by atoms with E-state index in [1.165, 1.54) is 5.56 Å². The van der Waals surface area contributed by atoms with E-state index in [2.05, 4.69) is 6.07 Å². The molecule has 1 atom stereocenters. The minimum absolute atomic E-state index is 0.201. The molecule has 0 radical (unpaired) electrons. The molecule has 0 bridgehead atoms. The molecule has 0 aliphatic carbocycles. The number of phenols is 1. The smallest absolute Gasteiger partial charge is 0.129 e. The van der Waals surface area contributed by atoms with Gasteiger partial charge in [-0.15, -0.1) is 11.8 Å². The Kier molecular flexibility index (Phi) is 3.15. The number of para-hydroxylation sites is 2. The number of rotatable bonds is 3. The van der Waals surface area contributed by atoms with Gasteiger partial charge in [-0.05, 0) is 23.8 Å². The lowest BCUT2D eigenvalue weighted by atomic mass is 10.1. The highest BCUT2D eigenvalue weighted by Gasteiger charge is 2.22. The predicted molar refractivity (Wildman–Crippen MR) is 73.4 cm³/mol. The van der Waals surface area contributed by atoms with E-state index in [-0.39, 0.29) is 6.10 Å². The van der Waals surface area contributed by atoms with Gasteiger partial charge in [-0.2, -0.15) is 0 Å². The zero-order chi connectivity index (χ0) is 12.4. The first-order valence-corrected chi connectivity index (χ1v) is 6.97. The summed E-state index contributed by atoms with van der Waals surface area (Å²) in [7, 11) is 0. The van der Waals surface area contributed by atoms with E-state index in [9.17, 15) is 5.11 Å². The van der Waals surface area contributed by atoms with Crippen LogP contribution in [0.15, 0.2) is 53.4 Å². The van der Waals surface area contributed by atoms with E-state index in [4.69, 9.17) is 4.74 Å². The molecule has 1 aliphatic heterocycles. The summed E-state index contributed by atoms with van der Waals surface area (Å²) in [4.78, 5) is 0.914. The summed E-state index contributed by atoms with van der Waals surface area (Å²) in [5.74, 6) is 2.20. The number of fused-ring (bicyclic) bond motifs is 1. The topological polar surface area (TPSA) is 29.5 Å². The van der Waals surface area contributed by atoms with Gasteiger partial charge in [-0.3, -0.25) is 0 Å². The van der Waals surface area contributed by atoms with Crippen molar-refractivity contribution >= 4 is 11.8 Å². The predicted octanol–water partition coefficient (Wildman–Crippen LogP) is 3.49. The number of benzene rings is 2. The molecule has 0 saturated carbocycles. The number of phenolic OH excluding ortho intramolecular Hbond substituents is 1. The summed E-state index contributed by atoms with van der Waals surface area (Å²) >= 11 is 1.64. The first-order chi connectivity index (χ1) is 8.83. The molecule has 0 fully saturated rings. The fourth-order valence-corrected chi connectivity index (χ4v) is 3.05. The van der Waals surface area contributed by atoms with E-state index in [0.717, 1.165) is 22.8 Å². The maximum atomic E-state index is 9.70. The van der Waals surface area contributed by atoms with Crippen molar-refractivity contribution in [2.24, 2.45) is 0 Å². The Labute approximate surface area is 111 Å². The highest BCUT2D eigenvalue weighted by molar-refractivity contribution is 7.99. The van der Waals surface area contributed by atoms with Crippen LogP contribution in [0.1, 0.15) is 5.56 Å². The summed E-state index contributed by atoms with van der Waals surface area (Å²) in [6.45, 7) is 0. The lowest BCUT2D eigenvalue weighted by Crippen LogP contribution is -2.15. The van der Waals surface area contributed by atoms with Crippen molar-refractivity contribution in [3.63, 3.8) is 0 Å². The summed E-state index contributed by atoms with van der Waals surface area (Å²) < 4.78 is 5.87. The lowest BCUT2D eigenvalue weighted by Gasteiger charge is -2.10. The van der Waals surface area contributed by atoms with Gasteiger partial charge in [0.1, 0.15) is 17.6 Å². The van der Waals surface area contributed by atoms with Gasteiger partial charge in [0, 0.05) is 17.1 Å². The Morgan fingerprint density at radius 1 is 1.11 bits per heavy atom. The van der Waals surface area contributed by atoms with E-state index in [1.807, 2.05) is 36.4 Å². The van der Waals surface area contributed by atoms with E-state index < -0.39 is 0 Å². The fourth-order valence-electron chi connectivity index (χ4n) is 2.11. The largest absolute Gasteiger partial charge is 0.507 e. The highest BCUT2D eigenvalue weighted by Crippen LogP contribution is 2.33. The average molecular weight is 258 g/mol. The van der Waals surface area contributed by atoms with E-state index in [1.54, 1.807) is 17.8 Å². The first-order valence-electron chi connectivity index (χ1n) is 5.98. The van der Waals surface area contributed by atoms with Gasteiger partial charge in [-0.1, -0.05) is 30.3 Å². The second-order valence-electron chi connectivity index (χ2n) is 4.33. The molecular formula is C15H14O2S.